The molecule has 176 valence electrons. The van der Waals surface area contributed by atoms with E-state index < -0.39 is 17.5 Å². The highest BCUT2D eigenvalue weighted by Gasteiger charge is 2.30. The number of aromatic nitrogens is 3. The van der Waals surface area contributed by atoms with E-state index in [-0.39, 0.29) is 16.9 Å². The number of carbonyl (C=O) groups is 1. The Hall–Kier alpha value is -3.11. The maximum Gasteiger partial charge on any atom is 0.260 e. The van der Waals surface area contributed by atoms with Crippen LogP contribution < -0.4 is 15.5 Å². The number of aryl methyl sites for hydroxylation is 1. The summed E-state index contributed by atoms with van der Waals surface area (Å²) in [6.07, 6.45) is 7.95. The molecule has 1 aliphatic carbocycles. The number of halogens is 2. The number of nitrogens with zero attached hydrogens (tertiary/aromatic N) is 4. The molecule has 0 bridgehead atoms. The van der Waals surface area contributed by atoms with Gasteiger partial charge in [-0.05, 0) is 43.8 Å². The van der Waals surface area contributed by atoms with E-state index in [0.717, 1.165) is 30.6 Å². The van der Waals surface area contributed by atoms with Crippen molar-refractivity contribution in [2.75, 3.05) is 23.3 Å². The Bertz CT molecular complexity index is 1410. The van der Waals surface area contributed by atoms with E-state index in [9.17, 15) is 9.18 Å². The predicted octanol–water partition coefficient (Wildman–Crippen LogP) is 4.50. The number of nitrogens with one attached hydrogen (secondary N) is 2. The van der Waals surface area contributed by atoms with Crippen LogP contribution in [-0.2, 0) is 0 Å². The molecule has 4 aromatic rings. The van der Waals surface area contributed by atoms with Crippen molar-refractivity contribution in [1.82, 2.24) is 19.1 Å². The molecule has 3 aromatic heterocycles. The largest absolute Gasteiger partial charge is 0.369 e. The van der Waals surface area contributed by atoms with E-state index in [1.54, 1.807) is 19.3 Å². The van der Waals surface area contributed by atoms with E-state index in [2.05, 4.69) is 24.9 Å². The molecule has 0 radical (unpaired) electrons. The van der Waals surface area contributed by atoms with Crippen LogP contribution in [0.1, 0.15) is 41.7 Å². The Kier molecular flexibility index (Phi) is 5.22. The van der Waals surface area contributed by atoms with Gasteiger partial charge in [0.15, 0.2) is 11.5 Å². The summed E-state index contributed by atoms with van der Waals surface area (Å²) in [5.74, 6) is -1.87. The van der Waals surface area contributed by atoms with Gasteiger partial charge in [0.25, 0.3) is 5.91 Å². The standard InChI is InChI=1S/C24H24F2N6OS/c1-13-9-32-11-16(7-19(26)23(32)27-13)29-24(33)21-18(25)8-20(17-12-34-30-22(17)21)31-6-5-15(10-31)28-14-3-2-4-14/h7-9,11-12,14-15,28H,2-6,10H2,1H3,(H,29,33)/t15-/m0/s1. The van der Waals surface area contributed by atoms with Crippen LogP contribution in [0.5, 0.6) is 0 Å². The van der Waals surface area contributed by atoms with Gasteiger partial charge in [0.05, 0.1) is 17.1 Å². The minimum atomic E-state index is -0.665. The molecule has 2 fully saturated rings. The zero-order valence-corrected chi connectivity index (χ0v) is 19.5. The average molecular weight is 483 g/mol. The first-order chi connectivity index (χ1) is 16.5. The van der Waals surface area contributed by atoms with Crippen LogP contribution >= 0.6 is 11.5 Å². The van der Waals surface area contributed by atoms with Gasteiger partial charge >= 0.3 is 0 Å². The van der Waals surface area contributed by atoms with E-state index in [0.29, 0.717) is 23.3 Å². The van der Waals surface area contributed by atoms with Gasteiger partial charge in [0.2, 0.25) is 0 Å². The predicted molar refractivity (Wildman–Crippen MR) is 129 cm³/mol. The lowest BCUT2D eigenvalue weighted by Gasteiger charge is -2.30. The number of rotatable bonds is 5. The van der Waals surface area contributed by atoms with E-state index in [1.165, 1.54) is 47.3 Å². The first kappa shape index (κ1) is 21.4. The zero-order chi connectivity index (χ0) is 23.4. The molecule has 1 saturated carbocycles. The SMILES string of the molecule is Cc1cn2cc(NC(=O)c3c(F)cc(N4CC[C@H](NC5CCC5)C4)c4csnc34)cc(F)c2n1. The normalized spacial score (nSPS) is 18.7. The molecule has 1 aromatic carbocycles. The summed E-state index contributed by atoms with van der Waals surface area (Å²) in [5.41, 5.74) is 1.99. The summed E-state index contributed by atoms with van der Waals surface area (Å²) in [6.45, 7) is 3.38. The van der Waals surface area contributed by atoms with Crippen LogP contribution in [0.2, 0.25) is 0 Å². The molecule has 10 heteroatoms. The Balaban J connectivity index is 1.28. The molecule has 1 amide bonds. The van der Waals surface area contributed by atoms with Crippen molar-refractivity contribution in [2.24, 2.45) is 0 Å². The van der Waals surface area contributed by atoms with Gasteiger partial charge in [-0.2, -0.15) is 4.37 Å². The number of benzene rings is 1. The Morgan fingerprint density at radius 1 is 1.15 bits per heavy atom. The smallest absolute Gasteiger partial charge is 0.260 e. The number of amides is 1. The third kappa shape index (κ3) is 3.70. The lowest BCUT2D eigenvalue weighted by atomic mass is 9.92. The lowest BCUT2D eigenvalue weighted by molar-refractivity contribution is 0.102. The van der Waals surface area contributed by atoms with Gasteiger partial charge in [0, 0.05) is 54.4 Å². The molecule has 6 rings (SSSR count). The van der Waals surface area contributed by atoms with Crippen LogP contribution in [0, 0.1) is 18.6 Å². The fraction of sp³-hybridized carbons (Fsp3) is 0.375. The van der Waals surface area contributed by atoms with E-state index in [1.807, 2.05) is 5.38 Å². The second-order valence-corrected chi connectivity index (χ2v) is 9.83. The lowest BCUT2D eigenvalue weighted by Crippen LogP contribution is -2.43. The quantitative estimate of drug-likeness (QED) is 0.438. The summed E-state index contributed by atoms with van der Waals surface area (Å²) >= 11 is 1.19. The van der Waals surface area contributed by atoms with Gasteiger partial charge in [-0.25, -0.2) is 13.8 Å². The minimum absolute atomic E-state index is 0.134. The van der Waals surface area contributed by atoms with Gasteiger partial charge in [-0.3, -0.25) is 4.79 Å². The van der Waals surface area contributed by atoms with E-state index >= 15 is 4.39 Å². The number of hydrogen-bond donors (Lipinski definition) is 2. The molecule has 4 heterocycles. The second-order valence-electron chi connectivity index (χ2n) is 9.20. The zero-order valence-electron chi connectivity index (χ0n) is 18.6. The first-order valence-electron chi connectivity index (χ1n) is 11.5. The van der Waals surface area contributed by atoms with Gasteiger partial charge < -0.3 is 19.9 Å². The first-order valence-corrected chi connectivity index (χ1v) is 12.3. The molecule has 2 aliphatic rings. The van der Waals surface area contributed by atoms with E-state index in [4.69, 9.17) is 0 Å². The number of anilines is 2. The summed E-state index contributed by atoms with van der Waals surface area (Å²) in [6, 6.07) is 3.60. The van der Waals surface area contributed by atoms with Crippen molar-refractivity contribution in [2.45, 2.75) is 44.7 Å². The fourth-order valence-electron chi connectivity index (χ4n) is 4.92. The molecule has 7 nitrogen and oxygen atoms in total. The molecule has 1 aliphatic heterocycles. The highest BCUT2D eigenvalue weighted by molar-refractivity contribution is 7.05. The van der Waals surface area contributed by atoms with Crippen molar-refractivity contribution in [3.63, 3.8) is 0 Å². The fourth-order valence-corrected chi connectivity index (χ4v) is 5.61. The number of imidazole rings is 1. The number of fused-ring (bicyclic) bond motifs is 2. The van der Waals surface area contributed by atoms with Crippen molar-refractivity contribution in [1.29, 1.82) is 0 Å². The van der Waals surface area contributed by atoms with Crippen molar-refractivity contribution in [3.8, 4) is 0 Å². The van der Waals surface area contributed by atoms with Crippen molar-refractivity contribution in [3.05, 3.63) is 52.8 Å². The van der Waals surface area contributed by atoms with Gasteiger partial charge in [-0.1, -0.05) is 6.42 Å². The third-order valence-electron chi connectivity index (χ3n) is 6.80. The molecule has 1 saturated heterocycles. The minimum Gasteiger partial charge on any atom is -0.369 e. The Morgan fingerprint density at radius 3 is 2.79 bits per heavy atom. The van der Waals surface area contributed by atoms with Crippen LogP contribution in [0.15, 0.2) is 29.9 Å². The van der Waals surface area contributed by atoms with Crippen LogP contribution in [0.4, 0.5) is 20.2 Å². The molecule has 2 N–H and O–H groups in total. The Morgan fingerprint density at radius 2 is 2.00 bits per heavy atom. The maximum absolute atomic E-state index is 15.3. The molecule has 0 spiro atoms. The summed E-state index contributed by atoms with van der Waals surface area (Å²) in [7, 11) is 0. The summed E-state index contributed by atoms with van der Waals surface area (Å²) in [5, 5.41) is 8.94. The highest BCUT2D eigenvalue weighted by atomic mass is 32.1. The molecule has 34 heavy (non-hydrogen) atoms. The van der Waals surface area contributed by atoms with Gasteiger partial charge in [-0.15, -0.1) is 0 Å². The molecule has 1 atom stereocenters. The summed E-state index contributed by atoms with van der Waals surface area (Å²) in [4.78, 5) is 19.4. The van der Waals surface area contributed by atoms with Gasteiger partial charge in [0.1, 0.15) is 16.9 Å². The molecular formula is C24H24F2N6OS. The highest BCUT2D eigenvalue weighted by Crippen LogP contribution is 2.35. The number of carbonyl (C=O) groups excluding carboxylic acids is 1. The molecular weight excluding hydrogens is 458 g/mol. The third-order valence-corrected chi connectivity index (χ3v) is 7.43. The second kappa shape index (κ2) is 8.28. The summed E-state index contributed by atoms with van der Waals surface area (Å²) < 4.78 is 35.6. The average Bonchev–Trinajstić information content (AvgIpc) is 3.49. The number of hydrogen-bond acceptors (Lipinski definition) is 6. The molecule has 0 unspecified atom stereocenters. The van der Waals surface area contributed by atoms with Crippen LogP contribution in [0.25, 0.3) is 16.6 Å². The van der Waals surface area contributed by atoms with Crippen LogP contribution in [-0.4, -0.2) is 44.8 Å². The Labute approximate surface area is 198 Å². The topological polar surface area (TPSA) is 74.6 Å². The van der Waals surface area contributed by atoms with Crippen LogP contribution in [0.3, 0.4) is 0 Å². The van der Waals surface area contributed by atoms with Crippen molar-refractivity contribution < 1.29 is 13.6 Å². The number of pyridine rings is 1. The monoisotopic (exact) mass is 482 g/mol. The van der Waals surface area contributed by atoms with Crippen molar-refractivity contribution >= 4 is 45.4 Å². The maximum atomic E-state index is 15.3.